The largest absolute Gasteiger partial charge is 0.477 e. The smallest absolute Gasteiger partial charge is 0.258 e. The number of nitrogens with one attached hydrogen (secondary N) is 1. The van der Waals surface area contributed by atoms with Crippen molar-refractivity contribution in [3.8, 4) is 5.88 Å². The van der Waals surface area contributed by atoms with E-state index in [1.807, 2.05) is 0 Å². The molecule has 0 radical (unpaired) electrons. The summed E-state index contributed by atoms with van der Waals surface area (Å²) in [5.41, 5.74) is 0.323. The van der Waals surface area contributed by atoms with Crippen molar-refractivity contribution in [3.05, 3.63) is 17.4 Å². The molecule has 0 spiro atoms. The predicted octanol–water partition coefficient (Wildman–Crippen LogP) is 1.33. The third-order valence-electron chi connectivity index (χ3n) is 2.30. The van der Waals surface area contributed by atoms with E-state index in [0.717, 1.165) is 11.2 Å². The zero-order valence-corrected chi connectivity index (χ0v) is 9.32. The maximum Gasteiger partial charge on any atom is 0.258 e. The molecule has 0 aliphatic carbocycles. The van der Waals surface area contributed by atoms with Crippen molar-refractivity contribution in [3.63, 3.8) is 0 Å². The van der Waals surface area contributed by atoms with E-state index in [1.54, 1.807) is 13.0 Å². The van der Waals surface area contributed by atoms with Crippen LogP contribution < -0.4 is 10.4 Å². The number of aromatic nitrogens is 2. The van der Waals surface area contributed by atoms with Gasteiger partial charge in [0.15, 0.2) is 0 Å². The minimum absolute atomic E-state index is 0.214. The van der Waals surface area contributed by atoms with Gasteiger partial charge in [0.25, 0.3) is 5.62 Å². The Labute approximate surface area is 88.8 Å². The minimum Gasteiger partial charge on any atom is -0.477 e. The first-order chi connectivity index (χ1) is 7.04. The highest BCUT2D eigenvalue weighted by atomic mass is 16.5. The van der Waals surface area contributed by atoms with Crippen LogP contribution in [-0.2, 0) is 0 Å². The highest BCUT2D eigenvalue weighted by molar-refractivity contribution is 5.12. The summed E-state index contributed by atoms with van der Waals surface area (Å²) in [4.78, 5) is 3.80. The topological polar surface area (TPSA) is 71.1 Å². The molecular formula is C10H17N3O2. The highest BCUT2D eigenvalue weighted by Crippen LogP contribution is 2.08. The number of rotatable bonds is 4. The van der Waals surface area contributed by atoms with E-state index >= 15 is 0 Å². The van der Waals surface area contributed by atoms with Crippen molar-refractivity contribution in [2.24, 2.45) is 5.92 Å². The van der Waals surface area contributed by atoms with E-state index in [2.05, 4.69) is 18.8 Å². The first-order valence-corrected chi connectivity index (χ1v) is 5.02. The standard InChI is InChI=1S/C10H17N3O2/c1-4-7(2)6-15-9-5-8(3)13(14)10(11)12-9/h5,7,11,14H,4,6H2,1-3H3. The van der Waals surface area contributed by atoms with Crippen LogP contribution in [0.3, 0.4) is 0 Å². The van der Waals surface area contributed by atoms with Crippen LogP contribution in [0, 0.1) is 18.3 Å². The Morgan fingerprint density at radius 2 is 2.33 bits per heavy atom. The second-order valence-corrected chi connectivity index (χ2v) is 3.70. The Hall–Kier alpha value is -1.52. The molecule has 1 rings (SSSR count). The monoisotopic (exact) mass is 211 g/mol. The van der Waals surface area contributed by atoms with E-state index in [4.69, 9.17) is 10.1 Å². The predicted molar refractivity (Wildman–Crippen MR) is 55.0 cm³/mol. The molecule has 5 heteroatoms. The maximum absolute atomic E-state index is 9.27. The molecule has 1 atom stereocenters. The summed E-state index contributed by atoms with van der Waals surface area (Å²) in [6.07, 6.45) is 1.04. The van der Waals surface area contributed by atoms with Crippen LogP contribution in [0.4, 0.5) is 0 Å². The molecule has 1 unspecified atom stereocenters. The van der Waals surface area contributed by atoms with E-state index in [0.29, 0.717) is 24.1 Å². The molecule has 0 aliphatic heterocycles. The summed E-state index contributed by atoms with van der Waals surface area (Å²) >= 11 is 0. The first kappa shape index (κ1) is 11.6. The summed E-state index contributed by atoms with van der Waals surface area (Å²) in [7, 11) is 0. The fraction of sp³-hybridized carbons (Fsp3) is 0.600. The van der Waals surface area contributed by atoms with E-state index in [9.17, 15) is 5.21 Å². The van der Waals surface area contributed by atoms with Crippen LogP contribution in [0.5, 0.6) is 5.88 Å². The van der Waals surface area contributed by atoms with Gasteiger partial charge in [-0.1, -0.05) is 20.3 Å². The Morgan fingerprint density at radius 1 is 1.67 bits per heavy atom. The number of hydrogen-bond acceptors (Lipinski definition) is 4. The van der Waals surface area contributed by atoms with Gasteiger partial charge in [-0.3, -0.25) is 5.41 Å². The van der Waals surface area contributed by atoms with Gasteiger partial charge in [-0.2, -0.15) is 9.71 Å². The number of nitrogens with zero attached hydrogens (tertiary/aromatic N) is 2. The molecule has 84 valence electrons. The zero-order chi connectivity index (χ0) is 11.4. The molecule has 0 aromatic carbocycles. The molecule has 0 saturated carbocycles. The van der Waals surface area contributed by atoms with Gasteiger partial charge >= 0.3 is 0 Å². The SMILES string of the molecule is CCC(C)COc1cc(C)n(O)c(=N)n1. The van der Waals surface area contributed by atoms with Crippen LogP contribution >= 0.6 is 0 Å². The van der Waals surface area contributed by atoms with Crippen molar-refractivity contribution in [2.75, 3.05) is 6.61 Å². The van der Waals surface area contributed by atoms with Crippen molar-refractivity contribution < 1.29 is 9.94 Å². The second-order valence-electron chi connectivity index (χ2n) is 3.70. The average molecular weight is 211 g/mol. The third kappa shape index (κ3) is 2.97. The Bertz CT molecular complexity index is 387. The molecule has 15 heavy (non-hydrogen) atoms. The number of aryl methyl sites for hydroxylation is 1. The van der Waals surface area contributed by atoms with Gasteiger partial charge in [0, 0.05) is 6.07 Å². The van der Waals surface area contributed by atoms with Gasteiger partial charge in [0.05, 0.1) is 12.3 Å². The van der Waals surface area contributed by atoms with Crippen LogP contribution in [0.2, 0.25) is 0 Å². The maximum atomic E-state index is 9.27. The van der Waals surface area contributed by atoms with Crippen LogP contribution in [0.15, 0.2) is 6.07 Å². The van der Waals surface area contributed by atoms with E-state index in [-0.39, 0.29) is 5.62 Å². The minimum atomic E-state index is -0.214. The van der Waals surface area contributed by atoms with Gasteiger partial charge in [0.1, 0.15) is 0 Å². The lowest BCUT2D eigenvalue weighted by Gasteiger charge is -2.11. The lowest BCUT2D eigenvalue weighted by atomic mass is 10.1. The Balaban J connectivity index is 2.75. The fourth-order valence-electron chi connectivity index (χ4n) is 1.01. The Morgan fingerprint density at radius 3 is 2.87 bits per heavy atom. The van der Waals surface area contributed by atoms with Gasteiger partial charge in [-0.05, 0) is 12.8 Å². The molecule has 1 aromatic heterocycles. The van der Waals surface area contributed by atoms with Crippen molar-refractivity contribution in [1.82, 2.24) is 9.71 Å². The van der Waals surface area contributed by atoms with Crippen molar-refractivity contribution in [2.45, 2.75) is 27.2 Å². The quantitative estimate of drug-likeness (QED) is 0.738. The molecule has 0 saturated heterocycles. The van der Waals surface area contributed by atoms with Crippen LogP contribution in [0.25, 0.3) is 0 Å². The third-order valence-corrected chi connectivity index (χ3v) is 2.30. The van der Waals surface area contributed by atoms with E-state index < -0.39 is 0 Å². The number of hydrogen-bond donors (Lipinski definition) is 2. The van der Waals surface area contributed by atoms with Crippen LogP contribution in [0.1, 0.15) is 26.0 Å². The van der Waals surface area contributed by atoms with Gasteiger partial charge in [-0.15, -0.1) is 0 Å². The summed E-state index contributed by atoms with van der Waals surface area (Å²) in [6.45, 7) is 6.45. The van der Waals surface area contributed by atoms with Crippen molar-refractivity contribution in [1.29, 1.82) is 5.41 Å². The Kier molecular flexibility index (Phi) is 3.71. The molecule has 5 nitrogen and oxygen atoms in total. The molecule has 0 amide bonds. The molecule has 1 aromatic rings. The van der Waals surface area contributed by atoms with E-state index in [1.165, 1.54) is 0 Å². The molecule has 2 N–H and O–H groups in total. The summed E-state index contributed by atoms with van der Waals surface area (Å²) < 4.78 is 6.14. The average Bonchev–Trinajstić information content (AvgIpc) is 2.22. The summed E-state index contributed by atoms with van der Waals surface area (Å²) in [6, 6.07) is 1.61. The van der Waals surface area contributed by atoms with Gasteiger partial charge < -0.3 is 9.94 Å². The lowest BCUT2D eigenvalue weighted by molar-refractivity contribution is 0.153. The number of ether oxygens (including phenoxy) is 1. The molecule has 0 bridgehead atoms. The van der Waals surface area contributed by atoms with Gasteiger partial charge in [0.2, 0.25) is 5.88 Å². The van der Waals surface area contributed by atoms with Crippen LogP contribution in [-0.4, -0.2) is 21.5 Å². The molecular weight excluding hydrogens is 194 g/mol. The highest BCUT2D eigenvalue weighted by Gasteiger charge is 2.04. The fourth-order valence-corrected chi connectivity index (χ4v) is 1.01. The molecule has 1 heterocycles. The zero-order valence-electron chi connectivity index (χ0n) is 9.32. The van der Waals surface area contributed by atoms with Crippen molar-refractivity contribution >= 4 is 0 Å². The molecule has 0 fully saturated rings. The second kappa shape index (κ2) is 4.82. The summed E-state index contributed by atoms with van der Waals surface area (Å²) in [5, 5.41) is 16.6. The summed E-state index contributed by atoms with van der Waals surface area (Å²) in [5.74, 6) is 0.853. The normalized spacial score (nSPS) is 12.5. The molecule has 0 aliphatic rings. The first-order valence-electron chi connectivity index (χ1n) is 5.02. The van der Waals surface area contributed by atoms with Gasteiger partial charge in [-0.25, -0.2) is 0 Å². The lowest BCUT2D eigenvalue weighted by Crippen LogP contribution is -2.24.